The molecule has 1 atom stereocenters. The van der Waals surface area contributed by atoms with Crippen LogP contribution in [0.15, 0.2) is 78.9 Å². The highest BCUT2D eigenvalue weighted by Gasteiger charge is 2.09. The van der Waals surface area contributed by atoms with Crippen molar-refractivity contribution in [2.24, 2.45) is 0 Å². The summed E-state index contributed by atoms with van der Waals surface area (Å²) in [5, 5.41) is 6.16. The molecule has 3 aromatic carbocycles. The largest absolute Gasteiger partial charge is 0.473 e. The van der Waals surface area contributed by atoms with Crippen LogP contribution in [-0.4, -0.2) is 35.6 Å². The Labute approximate surface area is 216 Å². The molecule has 4 rings (SSSR count). The zero-order chi connectivity index (χ0) is 25.3. The summed E-state index contributed by atoms with van der Waals surface area (Å²) < 4.78 is 5.91. The Hall–Kier alpha value is -3.37. The lowest BCUT2D eigenvalue weighted by atomic mass is 10.00. The number of anilines is 1. The fourth-order valence-corrected chi connectivity index (χ4v) is 4.68. The van der Waals surface area contributed by atoms with Gasteiger partial charge in [-0.25, -0.2) is 4.98 Å². The van der Waals surface area contributed by atoms with Crippen molar-refractivity contribution in [3.8, 4) is 17.0 Å². The molecule has 1 heterocycles. The van der Waals surface area contributed by atoms with Gasteiger partial charge in [-0.1, -0.05) is 62.4 Å². The molecular weight excluding hydrogens is 442 g/mol. The smallest absolute Gasteiger partial charge is 0.213 e. The Bertz CT molecular complexity index is 1250. The number of pyridine rings is 1. The highest BCUT2D eigenvalue weighted by atomic mass is 16.5. The number of rotatable bonds is 12. The van der Waals surface area contributed by atoms with E-state index < -0.39 is 0 Å². The monoisotopic (exact) mass is 481 g/mol. The summed E-state index contributed by atoms with van der Waals surface area (Å²) in [4.78, 5) is 7.19. The van der Waals surface area contributed by atoms with E-state index in [0.717, 1.165) is 29.9 Å². The van der Waals surface area contributed by atoms with E-state index in [9.17, 15) is 0 Å². The SMILES string of the molecule is CCN(CC)CCC[C@H](C)Nc1ccc2cc(-c3ccc(OCc4ccccc4)nc3C)ccc2c1. The first-order chi connectivity index (χ1) is 17.6. The zero-order valence-electron chi connectivity index (χ0n) is 22.1. The van der Waals surface area contributed by atoms with Crippen LogP contribution in [0.25, 0.3) is 21.9 Å². The van der Waals surface area contributed by atoms with Crippen molar-refractivity contribution < 1.29 is 4.74 Å². The molecule has 0 spiro atoms. The Morgan fingerprint density at radius 1 is 0.889 bits per heavy atom. The lowest BCUT2D eigenvalue weighted by Gasteiger charge is -2.20. The maximum Gasteiger partial charge on any atom is 0.213 e. The van der Waals surface area contributed by atoms with Crippen molar-refractivity contribution in [3.63, 3.8) is 0 Å². The van der Waals surface area contributed by atoms with Crippen LogP contribution in [0.1, 0.15) is 44.9 Å². The Morgan fingerprint density at radius 3 is 2.39 bits per heavy atom. The number of hydrogen-bond donors (Lipinski definition) is 1. The van der Waals surface area contributed by atoms with Gasteiger partial charge < -0.3 is 15.0 Å². The van der Waals surface area contributed by atoms with Crippen molar-refractivity contribution in [1.82, 2.24) is 9.88 Å². The average molecular weight is 482 g/mol. The van der Waals surface area contributed by atoms with Crippen molar-refractivity contribution in [3.05, 3.63) is 90.1 Å². The summed E-state index contributed by atoms with van der Waals surface area (Å²) in [6.45, 7) is 12.8. The number of hydrogen-bond acceptors (Lipinski definition) is 4. The Morgan fingerprint density at radius 2 is 1.64 bits per heavy atom. The topological polar surface area (TPSA) is 37.4 Å². The number of benzene rings is 3. The van der Waals surface area contributed by atoms with E-state index in [-0.39, 0.29) is 0 Å². The van der Waals surface area contributed by atoms with E-state index in [1.807, 2.05) is 31.2 Å². The molecule has 0 aliphatic carbocycles. The predicted octanol–water partition coefficient (Wildman–Crippen LogP) is 7.71. The molecule has 0 aliphatic heterocycles. The van der Waals surface area contributed by atoms with Crippen LogP contribution in [0, 0.1) is 6.92 Å². The fourth-order valence-electron chi connectivity index (χ4n) is 4.68. The van der Waals surface area contributed by atoms with Crippen molar-refractivity contribution in [2.45, 2.75) is 53.2 Å². The third-order valence-corrected chi connectivity index (χ3v) is 6.86. The number of ether oxygens (including phenoxy) is 1. The first-order valence-electron chi connectivity index (χ1n) is 13.2. The molecule has 0 unspecified atom stereocenters. The molecule has 1 N–H and O–H groups in total. The lowest BCUT2D eigenvalue weighted by Crippen LogP contribution is -2.25. The number of aryl methyl sites for hydroxylation is 1. The van der Waals surface area contributed by atoms with E-state index in [1.54, 1.807) is 0 Å². The van der Waals surface area contributed by atoms with Crippen LogP contribution in [0.2, 0.25) is 0 Å². The highest BCUT2D eigenvalue weighted by Crippen LogP contribution is 2.29. The van der Waals surface area contributed by atoms with Gasteiger partial charge in [-0.2, -0.15) is 0 Å². The molecule has 0 fully saturated rings. The van der Waals surface area contributed by atoms with Gasteiger partial charge in [0.05, 0.1) is 0 Å². The van der Waals surface area contributed by atoms with Crippen LogP contribution in [-0.2, 0) is 6.61 Å². The molecule has 4 aromatic rings. The first kappa shape index (κ1) is 25.7. The minimum absolute atomic E-state index is 0.452. The molecule has 0 aliphatic rings. The molecule has 36 heavy (non-hydrogen) atoms. The second-order valence-electron chi connectivity index (χ2n) is 9.55. The Balaban J connectivity index is 1.39. The number of fused-ring (bicyclic) bond motifs is 1. The van der Waals surface area contributed by atoms with Crippen LogP contribution < -0.4 is 10.1 Å². The van der Waals surface area contributed by atoms with Gasteiger partial charge >= 0.3 is 0 Å². The molecular formula is C32H39N3O. The molecule has 0 bridgehead atoms. The summed E-state index contributed by atoms with van der Waals surface area (Å²) in [6, 6.07) is 28.0. The van der Waals surface area contributed by atoms with Gasteiger partial charge in [0.2, 0.25) is 5.88 Å². The van der Waals surface area contributed by atoms with Crippen molar-refractivity contribution >= 4 is 16.5 Å². The fraction of sp³-hybridized carbons (Fsp3) is 0.344. The van der Waals surface area contributed by atoms with E-state index in [2.05, 4.69) is 85.6 Å². The maximum atomic E-state index is 5.91. The summed E-state index contributed by atoms with van der Waals surface area (Å²) >= 11 is 0. The molecule has 0 radical (unpaired) electrons. The van der Waals surface area contributed by atoms with Crippen LogP contribution in [0.3, 0.4) is 0 Å². The molecule has 1 aromatic heterocycles. The summed E-state index contributed by atoms with van der Waals surface area (Å²) in [5.74, 6) is 0.655. The van der Waals surface area contributed by atoms with E-state index in [4.69, 9.17) is 9.72 Å². The van der Waals surface area contributed by atoms with Gasteiger partial charge in [0.25, 0.3) is 0 Å². The number of nitrogens with zero attached hydrogens (tertiary/aromatic N) is 2. The zero-order valence-corrected chi connectivity index (χ0v) is 22.1. The quantitative estimate of drug-likeness (QED) is 0.225. The van der Waals surface area contributed by atoms with Crippen LogP contribution in [0.4, 0.5) is 5.69 Å². The molecule has 0 saturated carbocycles. The molecule has 0 saturated heterocycles. The Kier molecular flexibility index (Phi) is 8.96. The second-order valence-corrected chi connectivity index (χ2v) is 9.55. The summed E-state index contributed by atoms with van der Waals surface area (Å²) in [6.07, 6.45) is 2.39. The van der Waals surface area contributed by atoms with Gasteiger partial charge in [0, 0.05) is 29.1 Å². The van der Waals surface area contributed by atoms with Gasteiger partial charge in [0.15, 0.2) is 0 Å². The maximum absolute atomic E-state index is 5.91. The average Bonchev–Trinajstić information content (AvgIpc) is 2.90. The third-order valence-electron chi connectivity index (χ3n) is 6.86. The van der Waals surface area contributed by atoms with Gasteiger partial charge in [-0.3, -0.25) is 0 Å². The van der Waals surface area contributed by atoms with Crippen LogP contribution >= 0.6 is 0 Å². The molecule has 188 valence electrons. The normalized spacial score (nSPS) is 12.1. The first-order valence-corrected chi connectivity index (χ1v) is 13.2. The molecule has 0 amide bonds. The van der Waals surface area contributed by atoms with E-state index in [0.29, 0.717) is 18.5 Å². The minimum Gasteiger partial charge on any atom is -0.473 e. The highest BCUT2D eigenvalue weighted by molar-refractivity contribution is 5.90. The van der Waals surface area contributed by atoms with E-state index >= 15 is 0 Å². The summed E-state index contributed by atoms with van der Waals surface area (Å²) in [7, 11) is 0. The third kappa shape index (κ3) is 6.86. The van der Waals surface area contributed by atoms with Crippen LogP contribution in [0.5, 0.6) is 5.88 Å². The lowest BCUT2D eigenvalue weighted by molar-refractivity contribution is 0.293. The number of aromatic nitrogens is 1. The van der Waals surface area contributed by atoms with Gasteiger partial charge in [-0.05, 0) is 92.5 Å². The second kappa shape index (κ2) is 12.5. The number of nitrogens with one attached hydrogen (secondary N) is 1. The van der Waals surface area contributed by atoms with Gasteiger partial charge in [0.1, 0.15) is 6.61 Å². The van der Waals surface area contributed by atoms with E-state index in [1.165, 1.54) is 41.4 Å². The van der Waals surface area contributed by atoms with Crippen molar-refractivity contribution in [2.75, 3.05) is 25.0 Å². The minimum atomic E-state index is 0.452. The molecule has 4 nitrogen and oxygen atoms in total. The van der Waals surface area contributed by atoms with Gasteiger partial charge in [-0.15, -0.1) is 0 Å². The standard InChI is InChI=1S/C32H39N3O/c1-5-35(6-2)20-10-11-24(3)33-30-17-16-27-21-29(15-14-28(27)22-30)31-18-19-32(34-25(31)4)36-23-26-12-8-7-9-13-26/h7-9,12-19,21-22,24,33H,5-6,10-11,20,23H2,1-4H3/t24-/m0/s1. The van der Waals surface area contributed by atoms with Crippen molar-refractivity contribution in [1.29, 1.82) is 0 Å². The molecule has 4 heteroatoms. The predicted molar refractivity (Wildman–Crippen MR) is 153 cm³/mol. The summed E-state index contributed by atoms with van der Waals surface area (Å²) in [5.41, 5.74) is 5.60.